The maximum atomic E-state index is 4.44. The number of unbranched alkanes of at least 4 members (excludes halogenated alkanes) is 1. The van der Waals surface area contributed by atoms with E-state index in [0.29, 0.717) is 5.41 Å². The van der Waals surface area contributed by atoms with Gasteiger partial charge in [0.05, 0.1) is 0 Å². The van der Waals surface area contributed by atoms with Gasteiger partial charge >= 0.3 is 0 Å². The maximum absolute atomic E-state index is 4.44. The van der Waals surface area contributed by atoms with Crippen LogP contribution in [0.25, 0.3) is 0 Å². The minimum Gasteiger partial charge on any atom is -0.298 e. The highest BCUT2D eigenvalue weighted by Crippen LogP contribution is 2.48. The molecule has 0 aromatic rings. The number of allylic oxidation sites excluding steroid dienone is 1. The first kappa shape index (κ1) is 17.5. The molecule has 0 N–H and O–H groups in total. The highest BCUT2D eigenvalue weighted by Gasteiger charge is 2.37. The third-order valence-corrected chi connectivity index (χ3v) is 5.58. The van der Waals surface area contributed by atoms with Crippen LogP contribution in [0.15, 0.2) is 17.1 Å². The van der Waals surface area contributed by atoms with Crippen molar-refractivity contribution in [3.63, 3.8) is 0 Å². The molecule has 3 atom stereocenters. The van der Waals surface area contributed by atoms with Gasteiger partial charge in [0.1, 0.15) is 0 Å². The summed E-state index contributed by atoms with van der Waals surface area (Å²) < 4.78 is 0. The molecule has 0 heterocycles. The average Bonchev–Trinajstić information content (AvgIpc) is 2.53. The monoisotopic (exact) mass is 277 g/mol. The quantitative estimate of drug-likeness (QED) is 0.243. The summed E-state index contributed by atoms with van der Waals surface area (Å²) in [5.74, 6) is 1.59. The molecule has 0 radical (unpaired) electrons. The zero-order chi connectivity index (χ0) is 15.2. The number of aliphatic imine (C=N–C) groups is 1. The molecule has 0 saturated heterocycles. The summed E-state index contributed by atoms with van der Waals surface area (Å²) >= 11 is 0. The zero-order valence-corrected chi connectivity index (χ0v) is 14.5. The molecule has 0 aromatic carbocycles. The number of hydrogen-bond acceptors (Lipinski definition) is 1. The Hall–Kier alpha value is -0.590. The molecule has 1 fully saturated rings. The van der Waals surface area contributed by atoms with E-state index in [-0.39, 0.29) is 0 Å². The average molecular weight is 277 g/mol. The zero-order valence-electron chi connectivity index (χ0n) is 14.5. The fourth-order valence-corrected chi connectivity index (χ4v) is 3.92. The van der Waals surface area contributed by atoms with Gasteiger partial charge in [0.15, 0.2) is 0 Å². The molecule has 0 aliphatic heterocycles. The van der Waals surface area contributed by atoms with Gasteiger partial charge in [0, 0.05) is 12.8 Å². The molecule has 0 spiro atoms. The van der Waals surface area contributed by atoms with E-state index < -0.39 is 0 Å². The van der Waals surface area contributed by atoms with Gasteiger partial charge in [-0.3, -0.25) is 4.99 Å². The van der Waals surface area contributed by atoms with Gasteiger partial charge in [-0.15, -0.1) is 0 Å². The summed E-state index contributed by atoms with van der Waals surface area (Å²) in [4.78, 5) is 4.26. The second-order valence-electron chi connectivity index (χ2n) is 7.27. The number of nitrogens with zero attached hydrogens (tertiary/aromatic N) is 1. The fraction of sp³-hybridized carbons (Fsp3) is 0.842. The molecule has 1 nitrogen and oxygen atoms in total. The first-order valence-corrected chi connectivity index (χ1v) is 8.53. The SMILES string of the molecule is C=C1CC[C@@H](C)CC(C)(CC)C1CCCCC(C)=NC. The van der Waals surface area contributed by atoms with Crippen LogP contribution in [0.5, 0.6) is 0 Å². The van der Waals surface area contributed by atoms with Crippen LogP contribution < -0.4 is 0 Å². The van der Waals surface area contributed by atoms with E-state index in [1.54, 1.807) is 0 Å². The molecule has 0 amide bonds. The highest BCUT2D eigenvalue weighted by atomic mass is 14.7. The van der Waals surface area contributed by atoms with E-state index in [2.05, 4.69) is 39.3 Å². The standard InChI is InChI=1S/C19H35N/c1-7-19(5)14-15(2)12-13-16(3)18(19)11-9-8-10-17(4)20-6/h15,18H,3,7-14H2,1-2,4-6H3/t15-,18?,19?/m1/s1. The topological polar surface area (TPSA) is 12.4 Å². The van der Waals surface area contributed by atoms with Crippen molar-refractivity contribution in [2.24, 2.45) is 22.2 Å². The summed E-state index contributed by atoms with van der Waals surface area (Å²) in [7, 11) is 1.90. The summed E-state index contributed by atoms with van der Waals surface area (Å²) in [5.41, 5.74) is 3.29. The number of rotatable bonds is 6. The van der Waals surface area contributed by atoms with Crippen LogP contribution in [0.2, 0.25) is 0 Å². The lowest BCUT2D eigenvalue weighted by molar-refractivity contribution is 0.161. The van der Waals surface area contributed by atoms with Crippen molar-refractivity contribution < 1.29 is 0 Å². The van der Waals surface area contributed by atoms with Gasteiger partial charge < -0.3 is 0 Å². The van der Waals surface area contributed by atoms with E-state index in [9.17, 15) is 0 Å². The van der Waals surface area contributed by atoms with Crippen LogP contribution in [0, 0.1) is 17.3 Å². The van der Waals surface area contributed by atoms with Crippen LogP contribution >= 0.6 is 0 Å². The van der Waals surface area contributed by atoms with Crippen molar-refractivity contribution in [2.45, 2.75) is 79.1 Å². The van der Waals surface area contributed by atoms with E-state index in [1.807, 2.05) is 7.05 Å². The molecule has 0 bridgehead atoms. The first-order chi connectivity index (χ1) is 9.42. The Kier molecular flexibility index (Phi) is 6.99. The lowest BCUT2D eigenvalue weighted by Crippen LogP contribution is -2.28. The smallest absolute Gasteiger partial charge is 0.0276 e. The molecule has 1 aliphatic rings. The van der Waals surface area contributed by atoms with E-state index >= 15 is 0 Å². The van der Waals surface area contributed by atoms with Gasteiger partial charge in [0.25, 0.3) is 0 Å². The minimum atomic E-state index is 0.473. The molecule has 20 heavy (non-hydrogen) atoms. The molecule has 2 unspecified atom stereocenters. The van der Waals surface area contributed by atoms with Crippen LogP contribution in [0.3, 0.4) is 0 Å². The third kappa shape index (κ3) is 4.75. The Balaban J connectivity index is 2.60. The molecular weight excluding hydrogens is 242 g/mol. The maximum Gasteiger partial charge on any atom is 0.0276 e. The summed E-state index contributed by atoms with van der Waals surface area (Å²) in [6.07, 6.45) is 10.3. The summed E-state index contributed by atoms with van der Waals surface area (Å²) in [6.45, 7) is 13.9. The summed E-state index contributed by atoms with van der Waals surface area (Å²) in [6, 6.07) is 0. The van der Waals surface area contributed by atoms with Crippen LogP contribution in [0.1, 0.15) is 79.1 Å². The predicted molar refractivity (Wildman–Crippen MR) is 91.5 cm³/mol. The highest BCUT2D eigenvalue weighted by molar-refractivity contribution is 5.81. The fourth-order valence-electron chi connectivity index (χ4n) is 3.92. The Morgan fingerprint density at radius 3 is 2.70 bits per heavy atom. The Bertz CT molecular complexity index is 342. The Labute approximate surface area is 127 Å². The van der Waals surface area contributed by atoms with Gasteiger partial charge in [-0.1, -0.05) is 45.8 Å². The molecular formula is C19H35N. The molecule has 1 saturated carbocycles. The van der Waals surface area contributed by atoms with Crippen LogP contribution in [-0.2, 0) is 0 Å². The number of hydrogen-bond donors (Lipinski definition) is 0. The van der Waals surface area contributed by atoms with E-state index in [4.69, 9.17) is 0 Å². The molecule has 116 valence electrons. The molecule has 0 aromatic heterocycles. The first-order valence-electron chi connectivity index (χ1n) is 8.53. The predicted octanol–water partition coefficient (Wildman–Crippen LogP) is 6.05. The van der Waals surface area contributed by atoms with Crippen LogP contribution in [-0.4, -0.2) is 12.8 Å². The Morgan fingerprint density at radius 2 is 2.10 bits per heavy atom. The van der Waals surface area contributed by atoms with E-state index in [0.717, 1.165) is 18.3 Å². The van der Waals surface area contributed by atoms with Crippen molar-refractivity contribution in [1.82, 2.24) is 0 Å². The lowest BCUT2D eigenvalue weighted by atomic mass is 9.67. The van der Waals surface area contributed by atoms with Gasteiger partial charge in [0.2, 0.25) is 0 Å². The van der Waals surface area contributed by atoms with Crippen molar-refractivity contribution in [1.29, 1.82) is 0 Å². The lowest BCUT2D eigenvalue weighted by Gasteiger charge is -2.38. The minimum absolute atomic E-state index is 0.473. The van der Waals surface area contributed by atoms with Gasteiger partial charge in [-0.2, -0.15) is 0 Å². The van der Waals surface area contributed by atoms with Gasteiger partial charge in [-0.25, -0.2) is 0 Å². The van der Waals surface area contributed by atoms with Gasteiger partial charge in [-0.05, 0) is 62.7 Å². The van der Waals surface area contributed by atoms with Crippen molar-refractivity contribution in [3.05, 3.63) is 12.2 Å². The van der Waals surface area contributed by atoms with Crippen molar-refractivity contribution in [3.8, 4) is 0 Å². The molecule has 1 aliphatic carbocycles. The van der Waals surface area contributed by atoms with Crippen LogP contribution in [0.4, 0.5) is 0 Å². The largest absolute Gasteiger partial charge is 0.298 e. The van der Waals surface area contributed by atoms with Crippen molar-refractivity contribution in [2.75, 3.05) is 7.05 Å². The normalized spacial score (nSPS) is 32.2. The second-order valence-corrected chi connectivity index (χ2v) is 7.27. The third-order valence-electron chi connectivity index (χ3n) is 5.58. The van der Waals surface area contributed by atoms with Crippen molar-refractivity contribution >= 4 is 5.71 Å². The second kappa shape index (κ2) is 8.00. The van der Waals surface area contributed by atoms with E-state index in [1.165, 1.54) is 56.2 Å². The summed E-state index contributed by atoms with van der Waals surface area (Å²) in [5, 5.41) is 0. The molecule has 1 heteroatoms. The Morgan fingerprint density at radius 1 is 1.40 bits per heavy atom. The molecule has 1 rings (SSSR count).